The Morgan fingerprint density at radius 1 is 1.40 bits per heavy atom. The third kappa shape index (κ3) is 1.71. The Bertz CT molecular complexity index is 319. The second kappa shape index (κ2) is 3.67. The van der Waals surface area contributed by atoms with Gasteiger partial charge in [-0.3, -0.25) is 0 Å². The largest absolute Gasteiger partial charge is 0.468 e. The maximum Gasteiger partial charge on any atom is 0.120 e. The summed E-state index contributed by atoms with van der Waals surface area (Å²) >= 11 is 0. The Labute approximate surface area is 90.8 Å². The molecular weight excluding hydrogens is 186 g/mol. The van der Waals surface area contributed by atoms with Crippen LogP contribution in [0.25, 0.3) is 0 Å². The predicted molar refractivity (Wildman–Crippen MR) is 59.2 cm³/mol. The van der Waals surface area contributed by atoms with Gasteiger partial charge in [-0.05, 0) is 55.6 Å². The fourth-order valence-electron chi connectivity index (χ4n) is 3.61. The van der Waals surface area contributed by atoms with Crippen LogP contribution in [0.15, 0.2) is 22.8 Å². The Balaban J connectivity index is 1.62. The summed E-state index contributed by atoms with van der Waals surface area (Å²) in [5, 5.41) is 0. The number of hydrogen-bond acceptors (Lipinski definition) is 2. The van der Waals surface area contributed by atoms with Gasteiger partial charge in [0.2, 0.25) is 0 Å². The first kappa shape index (κ1) is 9.46. The van der Waals surface area contributed by atoms with Crippen molar-refractivity contribution < 1.29 is 4.42 Å². The average molecular weight is 205 g/mol. The molecule has 0 radical (unpaired) electrons. The lowest BCUT2D eigenvalue weighted by atomic mass is 9.84. The molecule has 0 aromatic carbocycles. The van der Waals surface area contributed by atoms with Crippen LogP contribution in [-0.4, -0.2) is 0 Å². The van der Waals surface area contributed by atoms with Gasteiger partial charge in [0, 0.05) is 0 Å². The first-order chi connectivity index (χ1) is 7.33. The summed E-state index contributed by atoms with van der Waals surface area (Å²) in [6.07, 6.45) is 8.64. The van der Waals surface area contributed by atoms with E-state index in [1.165, 1.54) is 25.7 Å². The molecule has 2 N–H and O–H groups in total. The monoisotopic (exact) mass is 205 g/mol. The van der Waals surface area contributed by atoms with Crippen molar-refractivity contribution in [3.63, 3.8) is 0 Å². The molecule has 2 saturated carbocycles. The molecule has 4 atom stereocenters. The van der Waals surface area contributed by atoms with E-state index in [0.29, 0.717) is 0 Å². The summed E-state index contributed by atoms with van der Waals surface area (Å²) in [6.45, 7) is 0. The maximum atomic E-state index is 6.16. The molecule has 1 aromatic heterocycles. The van der Waals surface area contributed by atoms with E-state index in [0.717, 1.165) is 29.9 Å². The van der Waals surface area contributed by atoms with E-state index in [9.17, 15) is 0 Å². The quantitative estimate of drug-likeness (QED) is 0.823. The van der Waals surface area contributed by atoms with Crippen molar-refractivity contribution in [3.05, 3.63) is 24.2 Å². The molecule has 0 spiro atoms. The fraction of sp³-hybridized carbons (Fsp3) is 0.692. The van der Waals surface area contributed by atoms with E-state index in [1.54, 1.807) is 6.26 Å². The Morgan fingerprint density at radius 2 is 2.33 bits per heavy atom. The molecule has 15 heavy (non-hydrogen) atoms. The van der Waals surface area contributed by atoms with Crippen molar-refractivity contribution in [2.24, 2.45) is 23.5 Å². The SMILES string of the molecule is NC(CC1CC2CCC1C2)c1ccco1. The smallest absolute Gasteiger partial charge is 0.120 e. The highest BCUT2D eigenvalue weighted by Gasteiger charge is 2.40. The molecule has 3 rings (SSSR count). The van der Waals surface area contributed by atoms with E-state index in [4.69, 9.17) is 10.2 Å². The van der Waals surface area contributed by atoms with Crippen LogP contribution in [0, 0.1) is 17.8 Å². The second-order valence-corrected chi connectivity index (χ2v) is 5.29. The van der Waals surface area contributed by atoms with Crippen molar-refractivity contribution in [2.75, 3.05) is 0 Å². The molecule has 82 valence electrons. The minimum atomic E-state index is 0.115. The topological polar surface area (TPSA) is 39.2 Å². The van der Waals surface area contributed by atoms with Gasteiger partial charge in [-0.1, -0.05) is 6.42 Å². The highest BCUT2D eigenvalue weighted by atomic mass is 16.3. The molecule has 2 heteroatoms. The Kier molecular flexibility index (Phi) is 2.32. The molecule has 0 saturated heterocycles. The summed E-state index contributed by atoms with van der Waals surface area (Å²) in [7, 11) is 0. The number of furan rings is 1. The number of nitrogens with two attached hydrogens (primary N) is 1. The Hall–Kier alpha value is -0.760. The van der Waals surface area contributed by atoms with E-state index in [-0.39, 0.29) is 6.04 Å². The van der Waals surface area contributed by atoms with Gasteiger partial charge in [-0.15, -0.1) is 0 Å². The molecule has 0 aliphatic heterocycles. The van der Waals surface area contributed by atoms with Gasteiger partial charge in [0.15, 0.2) is 0 Å². The first-order valence-corrected chi connectivity index (χ1v) is 6.12. The zero-order valence-corrected chi connectivity index (χ0v) is 9.06. The van der Waals surface area contributed by atoms with Gasteiger partial charge < -0.3 is 10.2 Å². The van der Waals surface area contributed by atoms with E-state index in [2.05, 4.69) is 0 Å². The van der Waals surface area contributed by atoms with Crippen LogP contribution in [0.4, 0.5) is 0 Å². The summed E-state index contributed by atoms with van der Waals surface area (Å²) in [6, 6.07) is 4.04. The second-order valence-electron chi connectivity index (χ2n) is 5.29. The normalized spacial score (nSPS) is 35.9. The fourth-order valence-corrected chi connectivity index (χ4v) is 3.61. The van der Waals surface area contributed by atoms with Gasteiger partial charge in [-0.2, -0.15) is 0 Å². The summed E-state index contributed by atoms with van der Waals surface area (Å²) < 4.78 is 5.36. The van der Waals surface area contributed by atoms with Crippen LogP contribution < -0.4 is 5.73 Å². The van der Waals surface area contributed by atoms with Gasteiger partial charge in [0.25, 0.3) is 0 Å². The third-order valence-electron chi connectivity index (χ3n) is 4.35. The minimum Gasteiger partial charge on any atom is -0.468 e. The van der Waals surface area contributed by atoms with Crippen LogP contribution in [-0.2, 0) is 0 Å². The number of fused-ring (bicyclic) bond motifs is 2. The van der Waals surface area contributed by atoms with E-state index in [1.807, 2.05) is 12.1 Å². The molecule has 2 aliphatic rings. The molecular formula is C13H19NO. The van der Waals surface area contributed by atoms with Gasteiger partial charge >= 0.3 is 0 Å². The van der Waals surface area contributed by atoms with Crippen molar-refractivity contribution in [1.82, 2.24) is 0 Å². The Morgan fingerprint density at radius 3 is 2.93 bits per heavy atom. The number of rotatable bonds is 3. The van der Waals surface area contributed by atoms with Crippen LogP contribution in [0.5, 0.6) is 0 Å². The minimum absolute atomic E-state index is 0.115. The van der Waals surface area contributed by atoms with Crippen molar-refractivity contribution in [2.45, 2.75) is 38.1 Å². The lowest BCUT2D eigenvalue weighted by molar-refractivity contribution is 0.283. The van der Waals surface area contributed by atoms with Gasteiger partial charge in [-0.25, -0.2) is 0 Å². The molecule has 4 unspecified atom stereocenters. The van der Waals surface area contributed by atoms with Crippen LogP contribution in [0.3, 0.4) is 0 Å². The van der Waals surface area contributed by atoms with Gasteiger partial charge in [0.1, 0.15) is 5.76 Å². The van der Waals surface area contributed by atoms with Crippen LogP contribution in [0.1, 0.15) is 43.9 Å². The highest BCUT2D eigenvalue weighted by Crippen LogP contribution is 2.50. The molecule has 1 aromatic rings. The molecule has 2 fully saturated rings. The zero-order chi connectivity index (χ0) is 10.3. The van der Waals surface area contributed by atoms with Crippen molar-refractivity contribution >= 4 is 0 Å². The molecule has 0 amide bonds. The van der Waals surface area contributed by atoms with E-state index >= 15 is 0 Å². The predicted octanol–water partition coefficient (Wildman–Crippen LogP) is 3.11. The maximum absolute atomic E-state index is 6.16. The van der Waals surface area contributed by atoms with Crippen molar-refractivity contribution in [1.29, 1.82) is 0 Å². The summed E-state index contributed by atoms with van der Waals surface area (Å²) in [5.41, 5.74) is 6.16. The molecule has 2 bridgehead atoms. The molecule has 2 nitrogen and oxygen atoms in total. The van der Waals surface area contributed by atoms with Crippen LogP contribution >= 0.6 is 0 Å². The molecule has 2 aliphatic carbocycles. The summed E-state index contributed by atoms with van der Waals surface area (Å²) in [4.78, 5) is 0. The first-order valence-electron chi connectivity index (χ1n) is 6.12. The standard InChI is InChI=1S/C13H19NO/c14-12(13-2-1-5-15-13)8-11-7-9-3-4-10(11)6-9/h1-2,5,9-12H,3-4,6-8,14H2. The number of hydrogen-bond donors (Lipinski definition) is 1. The van der Waals surface area contributed by atoms with E-state index < -0.39 is 0 Å². The van der Waals surface area contributed by atoms with Crippen LogP contribution in [0.2, 0.25) is 0 Å². The summed E-state index contributed by atoms with van der Waals surface area (Å²) in [5.74, 6) is 3.81. The highest BCUT2D eigenvalue weighted by molar-refractivity contribution is 5.04. The lowest BCUT2D eigenvalue weighted by Crippen LogP contribution is -2.19. The average Bonchev–Trinajstić information content (AvgIpc) is 2.95. The van der Waals surface area contributed by atoms with Crippen molar-refractivity contribution in [3.8, 4) is 0 Å². The third-order valence-corrected chi connectivity index (χ3v) is 4.35. The van der Waals surface area contributed by atoms with Gasteiger partial charge in [0.05, 0.1) is 12.3 Å². The lowest BCUT2D eigenvalue weighted by Gasteiger charge is -2.23. The molecule has 1 heterocycles. The zero-order valence-electron chi connectivity index (χ0n) is 9.06.